The summed E-state index contributed by atoms with van der Waals surface area (Å²) in [6.45, 7) is 13.4. The molecule has 0 bridgehead atoms. The zero-order valence-corrected chi connectivity index (χ0v) is 23.5. The Morgan fingerprint density at radius 2 is 1.54 bits per heavy atom. The van der Waals surface area contributed by atoms with E-state index in [0.29, 0.717) is 0 Å². The Morgan fingerprint density at radius 3 is 1.97 bits per heavy atom. The van der Waals surface area contributed by atoms with Gasteiger partial charge in [-0.2, -0.15) is 0 Å². The van der Waals surface area contributed by atoms with Crippen molar-refractivity contribution >= 4 is 17.4 Å². The average molecular weight is 504 g/mol. The van der Waals surface area contributed by atoms with E-state index < -0.39 is 11.0 Å². The number of unbranched alkanes of at least 4 members (excludes halogenated alkanes) is 2. The van der Waals surface area contributed by atoms with Gasteiger partial charge in [0.25, 0.3) is 0 Å². The summed E-state index contributed by atoms with van der Waals surface area (Å²) in [7, 11) is 0.844. The first-order valence-electron chi connectivity index (χ1n) is 12.3. The summed E-state index contributed by atoms with van der Waals surface area (Å²) in [4.78, 5) is 9.38. The molecule has 1 atom stereocenters. The number of nitrogens with two attached hydrogens (primary N) is 1. The molecule has 0 fully saturated rings. The summed E-state index contributed by atoms with van der Waals surface area (Å²) in [5, 5.41) is 3.12. The molecule has 35 heavy (non-hydrogen) atoms. The predicted molar refractivity (Wildman–Crippen MR) is 156 cm³/mol. The number of amides is 1. The van der Waals surface area contributed by atoms with Gasteiger partial charge in [-0.1, -0.05) is 68.8 Å². The van der Waals surface area contributed by atoms with Gasteiger partial charge < -0.3 is 11.1 Å². The fourth-order valence-corrected chi connectivity index (χ4v) is 3.92. The summed E-state index contributed by atoms with van der Waals surface area (Å²) < 4.78 is 15.0. The highest BCUT2D eigenvalue weighted by Crippen LogP contribution is 2.19. The number of benzene rings is 1. The molecule has 2 rings (SSSR count). The molecule has 6 heteroatoms. The standard InChI is InChI=1S/C14H26N2OS.C10H12.C2H6.C2H2.CH3NO/c1-5-14(10-9-13(2)3)18(17)16-12-8-6-7-11-15-4;1-2-6-10-8-4-3-7-9(10)5-1;2*1-2;2-1-3/h5,9-10,15-16H,2,6-8,11-12H2,1,3-4H3;1-2,5-6H,3-4,7-8H2;1-2H3;1-2H;1H,(H2,2,3)/b10-9-,14-5+;;;;. The van der Waals surface area contributed by atoms with Crippen LogP contribution in [0.1, 0.15) is 70.9 Å². The molecule has 1 aliphatic rings. The number of nitrogens with one attached hydrogen (secondary N) is 2. The summed E-state index contributed by atoms with van der Waals surface area (Å²) in [5.41, 5.74) is 8.28. The largest absolute Gasteiger partial charge is 0.372 e. The van der Waals surface area contributed by atoms with E-state index in [4.69, 9.17) is 4.79 Å². The van der Waals surface area contributed by atoms with Crippen LogP contribution in [0.3, 0.4) is 0 Å². The first kappa shape index (κ1) is 37.1. The van der Waals surface area contributed by atoms with E-state index in [9.17, 15) is 4.21 Å². The fourth-order valence-electron chi connectivity index (χ4n) is 3.02. The minimum Gasteiger partial charge on any atom is -0.372 e. The first-order chi connectivity index (χ1) is 17.0. The van der Waals surface area contributed by atoms with Gasteiger partial charge in [-0.3, -0.25) is 4.79 Å². The van der Waals surface area contributed by atoms with Crippen molar-refractivity contribution in [2.75, 3.05) is 20.1 Å². The molecule has 0 spiro atoms. The maximum absolute atomic E-state index is 11.9. The Morgan fingerprint density at radius 1 is 1.06 bits per heavy atom. The van der Waals surface area contributed by atoms with E-state index in [1.165, 1.54) is 25.7 Å². The van der Waals surface area contributed by atoms with E-state index in [2.05, 4.69) is 59.5 Å². The van der Waals surface area contributed by atoms with Crippen LogP contribution in [0, 0.1) is 12.8 Å². The van der Waals surface area contributed by atoms with Crippen molar-refractivity contribution in [3.05, 3.63) is 70.7 Å². The SMILES string of the molecule is C#C.C=C(C)/C=C\C(=C/C)S(=O)NCCCCCNC.CC.NC=O.c1ccc2c(c1)CCCC2. The maximum atomic E-state index is 11.9. The van der Waals surface area contributed by atoms with Crippen LogP contribution in [0.25, 0.3) is 0 Å². The monoisotopic (exact) mass is 503 g/mol. The molecule has 0 radical (unpaired) electrons. The lowest BCUT2D eigenvalue weighted by molar-refractivity contribution is -0.106. The van der Waals surface area contributed by atoms with Gasteiger partial charge in [-0.15, -0.1) is 12.8 Å². The van der Waals surface area contributed by atoms with Gasteiger partial charge in [0.1, 0.15) is 11.0 Å². The number of hydrogen-bond donors (Lipinski definition) is 3. The molecule has 0 heterocycles. The van der Waals surface area contributed by atoms with Crippen LogP contribution in [0.2, 0.25) is 0 Å². The summed E-state index contributed by atoms with van der Waals surface area (Å²) in [6.07, 6.45) is 22.6. The van der Waals surface area contributed by atoms with Crippen molar-refractivity contribution in [1.82, 2.24) is 10.0 Å². The number of carbonyl (C=O) groups is 1. The number of hydrogen-bond acceptors (Lipinski definition) is 3. The van der Waals surface area contributed by atoms with E-state index in [1.807, 2.05) is 53.0 Å². The Bertz CT molecular complexity index is 730. The zero-order valence-electron chi connectivity index (χ0n) is 22.6. The molecule has 1 amide bonds. The molecule has 1 aromatic carbocycles. The van der Waals surface area contributed by atoms with Crippen LogP contribution in [0.4, 0.5) is 0 Å². The topological polar surface area (TPSA) is 84.2 Å². The number of carbonyl (C=O) groups excluding carboxylic acids is 1. The minimum atomic E-state index is -1.11. The molecule has 1 aromatic rings. The third-order valence-corrected chi connectivity index (χ3v) is 5.89. The number of aryl methyl sites for hydroxylation is 2. The van der Waals surface area contributed by atoms with Crippen molar-refractivity contribution in [1.29, 1.82) is 0 Å². The number of fused-ring (bicyclic) bond motifs is 1. The van der Waals surface area contributed by atoms with Crippen LogP contribution in [0.15, 0.2) is 59.6 Å². The first-order valence-corrected chi connectivity index (χ1v) is 13.5. The van der Waals surface area contributed by atoms with Gasteiger partial charge in [0.05, 0.1) is 0 Å². The summed E-state index contributed by atoms with van der Waals surface area (Å²) in [5.74, 6) is 0. The highest BCUT2D eigenvalue weighted by atomic mass is 32.2. The second-order valence-electron chi connectivity index (χ2n) is 7.31. The molecule has 5 nitrogen and oxygen atoms in total. The fraction of sp³-hybridized carbons (Fsp3) is 0.483. The third kappa shape index (κ3) is 23.1. The van der Waals surface area contributed by atoms with E-state index >= 15 is 0 Å². The van der Waals surface area contributed by atoms with Crippen LogP contribution in [-0.2, 0) is 28.6 Å². The van der Waals surface area contributed by atoms with Crippen LogP contribution >= 0.6 is 0 Å². The molecule has 0 saturated heterocycles. The van der Waals surface area contributed by atoms with Crippen molar-refractivity contribution in [3.63, 3.8) is 0 Å². The van der Waals surface area contributed by atoms with Crippen LogP contribution in [0.5, 0.6) is 0 Å². The lowest BCUT2D eigenvalue weighted by Gasteiger charge is -2.13. The highest BCUT2D eigenvalue weighted by Gasteiger charge is 2.06. The van der Waals surface area contributed by atoms with Crippen molar-refractivity contribution in [3.8, 4) is 12.8 Å². The molecule has 198 valence electrons. The molecule has 4 N–H and O–H groups in total. The number of allylic oxidation sites excluding steroid dienone is 4. The summed E-state index contributed by atoms with van der Waals surface area (Å²) in [6, 6.07) is 8.80. The van der Waals surface area contributed by atoms with Crippen molar-refractivity contribution in [2.45, 2.75) is 72.6 Å². The normalized spacial score (nSPS) is 12.5. The van der Waals surface area contributed by atoms with Crippen LogP contribution in [-0.4, -0.2) is 30.8 Å². The molecule has 0 aromatic heterocycles. The Labute approximate surface area is 218 Å². The van der Waals surface area contributed by atoms with Gasteiger partial charge in [0, 0.05) is 11.4 Å². The minimum absolute atomic E-state index is 0.250. The molecular weight excluding hydrogens is 454 g/mol. The Hall–Kier alpha value is -2.46. The Kier molecular flexibility index (Phi) is 31.3. The molecule has 1 aliphatic carbocycles. The summed E-state index contributed by atoms with van der Waals surface area (Å²) >= 11 is 0. The highest BCUT2D eigenvalue weighted by molar-refractivity contribution is 7.87. The lowest BCUT2D eigenvalue weighted by Crippen LogP contribution is -2.19. The van der Waals surface area contributed by atoms with Gasteiger partial charge in [0.2, 0.25) is 6.41 Å². The predicted octanol–water partition coefficient (Wildman–Crippen LogP) is 5.61. The van der Waals surface area contributed by atoms with E-state index in [1.54, 1.807) is 11.1 Å². The quantitative estimate of drug-likeness (QED) is 0.168. The Balaban J connectivity index is -0.000000500. The average Bonchev–Trinajstić information content (AvgIpc) is 2.89. The van der Waals surface area contributed by atoms with Gasteiger partial charge in [-0.05, 0) is 83.2 Å². The number of primary amides is 1. The second-order valence-corrected chi connectivity index (χ2v) is 8.61. The van der Waals surface area contributed by atoms with E-state index in [-0.39, 0.29) is 6.41 Å². The lowest BCUT2D eigenvalue weighted by atomic mass is 9.92. The second kappa shape index (κ2) is 29.6. The number of rotatable bonds is 10. The van der Waals surface area contributed by atoms with Crippen molar-refractivity contribution in [2.24, 2.45) is 5.73 Å². The number of terminal acetylenes is 1. The van der Waals surface area contributed by atoms with Gasteiger partial charge in [0.15, 0.2) is 0 Å². The van der Waals surface area contributed by atoms with Crippen molar-refractivity contribution < 1.29 is 9.00 Å². The maximum Gasteiger partial charge on any atom is 0.204 e. The van der Waals surface area contributed by atoms with Gasteiger partial charge >= 0.3 is 0 Å². The van der Waals surface area contributed by atoms with Crippen LogP contribution < -0.4 is 15.8 Å². The van der Waals surface area contributed by atoms with E-state index in [0.717, 1.165) is 42.8 Å². The molecular formula is C29H49N3O2S. The zero-order chi connectivity index (χ0) is 27.3. The molecule has 0 saturated carbocycles. The smallest absolute Gasteiger partial charge is 0.204 e. The molecule has 0 aliphatic heterocycles. The molecule has 1 unspecified atom stereocenters. The third-order valence-electron chi connectivity index (χ3n) is 4.63. The van der Waals surface area contributed by atoms with Gasteiger partial charge in [-0.25, -0.2) is 8.93 Å².